The topological polar surface area (TPSA) is 60.9 Å². The number of aliphatic hydroxyl groups excluding tert-OH is 1. The molecule has 2 heterocycles. The van der Waals surface area contributed by atoms with Crippen LogP contribution in [0.2, 0.25) is 0 Å². The molecule has 3 rings (SSSR count). The molecular formula is C16H17F3N2O3. The van der Waals surface area contributed by atoms with Crippen molar-refractivity contribution in [1.29, 1.82) is 0 Å². The van der Waals surface area contributed by atoms with Gasteiger partial charge in [-0.15, -0.1) is 0 Å². The molecule has 2 aliphatic rings. The van der Waals surface area contributed by atoms with E-state index in [1.54, 1.807) is 0 Å². The first kappa shape index (κ1) is 16.8. The van der Waals surface area contributed by atoms with Gasteiger partial charge in [-0.1, -0.05) is 12.1 Å². The molecule has 2 fully saturated rings. The summed E-state index contributed by atoms with van der Waals surface area (Å²) in [7, 11) is 0. The highest BCUT2D eigenvalue weighted by Gasteiger charge is 2.46. The Morgan fingerprint density at radius 3 is 2.67 bits per heavy atom. The third-order valence-electron chi connectivity index (χ3n) is 4.48. The summed E-state index contributed by atoms with van der Waals surface area (Å²) in [6.45, 7) is 0.150. The summed E-state index contributed by atoms with van der Waals surface area (Å²) in [5.74, 6) is -0.384. The molecule has 0 bridgehead atoms. The standard InChI is InChI=1S/C16H17F3N2O3/c17-16(18,19)11-5-3-4-10(8-11)13(22)9-21-14(23)12-6-1-2-7-20(12)15(21)24/h3-5,8,12-13,22H,1-2,6-7,9H2. The van der Waals surface area contributed by atoms with Gasteiger partial charge in [0, 0.05) is 6.54 Å². The average Bonchev–Trinajstić information content (AvgIpc) is 2.80. The Kier molecular flexibility index (Phi) is 4.25. The summed E-state index contributed by atoms with van der Waals surface area (Å²) < 4.78 is 38.3. The molecule has 1 aromatic carbocycles. The van der Waals surface area contributed by atoms with E-state index in [2.05, 4.69) is 0 Å². The Labute approximate surface area is 136 Å². The van der Waals surface area contributed by atoms with Crippen LogP contribution in [0.4, 0.5) is 18.0 Å². The number of carbonyl (C=O) groups excluding carboxylic acids is 2. The molecule has 130 valence electrons. The van der Waals surface area contributed by atoms with Gasteiger partial charge in [-0.05, 0) is 37.0 Å². The molecule has 2 saturated heterocycles. The van der Waals surface area contributed by atoms with E-state index in [0.717, 1.165) is 29.9 Å². The summed E-state index contributed by atoms with van der Waals surface area (Å²) in [6, 6.07) is 3.30. The molecule has 2 aliphatic heterocycles. The first-order valence-electron chi connectivity index (χ1n) is 7.76. The molecule has 0 aliphatic carbocycles. The van der Waals surface area contributed by atoms with E-state index < -0.39 is 29.9 Å². The van der Waals surface area contributed by atoms with Crippen molar-refractivity contribution in [3.05, 3.63) is 35.4 Å². The molecule has 5 nitrogen and oxygen atoms in total. The number of halogens is 3. The van der Waals surface area contributed by atoms with Gasteiger partial charge >= 0.3 is 12.2 Å². The van der Waals surface area contributed by atoms with Crippen LogP contribution in [-0.4, -0.2) is 46.0 Å². The second kappa shape index (κ2) is 6.08. The van der Waals surface area contributed by atoms with Gasteiger partial charge in [0.25, 0.3) is 5.91 Å². The number of alkyl halides is 3. The van der Waals surface area contributed by atoms with Gasteiger partial charge in [-0.3, -0.25) is 9.69 Å². The van der Waals surface area contributed by atoms with Crippen molar-refractivity contribution in [1.82, 2.24) is 9.80 Å². The summed E-state index contributed by atoms with van der Waals surface area (Å²) in [4.78, 5) is 27.0. The van der Waals surface area contributed by atoms with Crippen molar-refractivity contribution in [2.45, 2.75) is 37.6 Å². The second-order valence-corrected chi connectivity index (χ2v) is 6.08. The lowest BCUT2D eigenvalue weighted by Gasteiger charge is -2.26. The predicted molar refractivity (Wildman–Crippen MR) is 77.9 cm³/mol. The van der Waals surface area contributed by atoms with E-state index in [4.69, 9.17) is 0 Å². The first-order valence-corrected chi connectivity index (χ1v) is 7.76. The lowest BCUT2D eigenvalue weighted by molar-refractivity contribution is -0.137. The molecule has 2 unspecified atom stereocenters. The Hall–Kier alpha value is -2.09. The van der Waals surface area contributed by atoms with Crippen molar-refractivity contribution >= 4 is 11.9 Å². The lowest BCUT2D eigenvalue weighted by atomic mass is 10.0. The maximum absolute atomic E-state index is 12.8. The number of amides is 3. The van der Waals surface area contributed by atoms with Gasteiger partial charge in [-0.25, -0.2) is 4.79 Å². The van der Waals surface area contributed by atoms with Gasteiger partial charge in [0.1, 0.15) is 6.04 Å². The second-order valence-electron chi connectivity index (χ2n) is 6.08. The molecule has 0 spiro atoms. The fraction of sp³-hybridized carbons (Fsp3) is 0.500. The minimum atomic E-state index is -4.52. The highest BCUT2D eigenvalue weighted by Crippen LogP contribution is 2.32. The number of urea groups is 1. The van der Waals surface area contributed by atoms with Crippen molar-refractivity contribution in [2.24, 2.45) is 0 Å². The zero-order chi connectivity index (χ0) is 17.5. The maximum atomic E-state index is 12.8. The monoisotopic (exact) mass is 342 g/mol. The number of rotatable bonds is 3. The largest absolute Gasteiger partial charge is 0.416 e. The summed E-state index contributed by atoms with van der Waals surface area (Å²) in [6.07, 6.45) is -3.62. The number of β-amino-alcohol motifs (C(OH)–C–C–N with tert-alkyl or cyclic N) is 1. The molecule has 2 atom stereocenters. The van der Waals surface area contributed by atoms with Crippen LogP contribution < -0.4 is 0 Å². The number of piperidine rings is 1. The highest BCUT2D eigenvalue weighted by molar-refractivity contribution is 6.04. The van der Waals surface area contributed by atoms with Gasteiger partial charge in [-0.2, -0.15) is 13.2 Å². The van der Waals surface area contributed by atoms with Gasteiger partial charge in [0.05, 0.1) is 18.2 Å². The number of fused-ring (bicyclic) bond motifs is 1. The van der Waals surface area contributed by atoms with Crippen LogP contribution in [-0.2, 0) is 11.0 Å². The minimum Gasteiger partial charge on any atom is -0.387 e. The quantitative estimate of drug-likeness (QED) is 0.859. The molecule has 24 heavy (non-hydrogen) atoms. The third kappa shape index (κ3) is 2.98. The normalized spacial score (nSPS) is 22.8. The van der Waals surface area contributed by atoms with E-state index in [9.17, 15) is 27.9 Å². The Bertz CT molecular complexity index is 638. The molecule has 1 N–H and O–H groups in total. The maximum Gasteiger partial charge on any atom is 0.416 e. The van der Waals surface area contributed by atoms with E-state index in [1.165, 1.54) is 17.0 Å². The number of benzene rings is 1. The zero-order valence-electron chi connectivity index (χ0n) is 12.8. The summed E-state index contributed by atoms with van der Waals surface area (Å²) in [5, 5.41) is 10.2. The summed E-state index contributed by atoms with van der Waals surface area (Å²) >= 11 is 0. The van der Waals surface area contributed by atoms with E-state index in [1.807, 2.05) is 0 Å². The number of nitrogens with zero attached hydrogens (tertiary/aromatic N) is 2. The van der Waals surface area contributed by atoms with Crippen LogP contribution in [0.15, 0.2) is 24.3 Å². The highest BCUT2D eigenvalue weighted by atomic mass is 19.4. The molecular weight excluding hydrogens is 325 g/mol. The Balaban J connectivity index is 1.76. The van der Waals surface area contributed by atoms with E-state index >= 15 is 0 Å². The lowest BCUT2D eigenvalue weighted by Crippen LogP contribution is -2.39. The summed E-state index contributed by atoms with van der Waals surface area (Å²) in [5.41, 5.74) is -0.856. The van der Waals surface area contributed by atoms with Crippen molar-refractivity contribution < 1.29 is 27.9 Å². The SMILES string of the molecule is O=C1C2CCCCN2C(=O)N1CC(O)c1cccc(C(F)(F)F)c1. The molecule has 1 aromatic rings. The van der Waals surface area contributed by atoms with E-state index in [0.29, 0.717) is 13.0 Å². The molecule has 8 heteroatoms. The number of carbonyl (C=O) groups is 2. The predicted octanol–water partition coefficient (Wildman–Crippen LogP) is 2.56. The van der Waals surface area contributed by atoms with Crippen LogP contribution in [0.1, 0.15) is 36.5 Å². The zero-order valence-corrected chi connectivity index (χ0v) is 12.8. The van der Waals surface area contributed by atoms with Crippen molar-refractivity contribution in [2.75, 3.05) is 13.1 Å². The van der Waals surface area contributed by atoms with Crippen LogP contribution in [0.3, 0.4) is 0 Å². The van der Waals surface area contributed by atoms with Gasteiger partial charge in [0.2, 0.25) is 0 Å². The van der Waals surface area contributed by atoms with Gasteiger partial charge in [0.15, 0.2) is 0 Å². The van der Waals surface area contributed by atoms with Crippen LogP contribution >= 0.6 is 0 Å². The number of hydrogen-bond acceptors (Lipinski definition) is 3. The van der Waals surface area contributed by atoms with E-state index in [-0.39, 0.29) is 18.0 Å². The molecule has 3 amide bonds. The number of hydrogen-bond donors (Lipinski definition) is 1. The fourth-order valence-electron chi connectivity index (χ4n) is 3.22. The Morgan fingerprint density at radius 2 is 2.00 bits per heavy atom. The minimum absolute atomic E-state index is 0.0234. The van der Waals surface area contributed by atoms with Crippen LogP contribution in [0.25, 0.3) is 0 Å². The molecule has 0 radical (unpaired) electrons. The fourth-order valence-corrected chi connectivity index (χ4v) is 3.22. The van der Waals surface area contributed by atoms with Crippen LogP contribution in [0, 0.1) is 0 Å². The van der Waals surface area contributed by atoms with Crippen molar-refractivity contribution in [3.63, 3.8) is 0 Å². The average molecular weight is 342 g/mol. The van der Waals surface area contributed by atoms with Gasteiger partial charge < -0.3 is 10.0 Å². The number of imide groups is 1. The molecule has 0 saturated carbocycles. The molecule has 0 aromatic heterocycles. The van der Waals surface area contributed by atoms with Crippen LogP contribution in [0.5, 0.6) is 0 Å². The number of aliphatic hydroxyl groups is 1. The first-order chi connectivity index (χ1) is 11.3. The Morgan fingerprint density at radius 1 is 1.25 bits per heavy atom. The third-order valence-corrected chi connectivity index (χ3v) is 4.48. The smallest absolute Gasteiger partial charge is 0.387 e. The van der Waals surface area contributed by atoms with Crippen molar-refractivity contribution in [3.8, 4) is 0 Å².